The molecule has 17 heavy (non-hydrogen) atoms. The number of piperazine rings is 1. The predicted molar refractivity (Wildman–Crippen MR) is 69.8 cm³/mol. The molecule has 1 rings (SSSR count). The minimum Gasteiger partial charge on any atom is -0.339 e. The lowest BCUT2D eigenvalue weighted by atomic mass is 10.0. The Morgan fingerprint density at radius 1 is 1.29 bits per heavy atom. The Balaban J connectivity index is 2.44. The van der Waals surface area contributed by atoms with Crippen LogP contribution in [0.15, 0.2) is 0 Å². The van der Waals surface area contributed by atoms with Crippen molar-refractivity contribution in [3.05, 3.63) is 0 Å². The monoisotopic (exact) mass is 242 g/mol. The van der Waals surface area contributed by atoms with Gasteiger partial charge in [0, 0.05) is 38.3 Å². The number of carbonyl (C=O) groups is 1. The maximum atomic E-state index is 12.1. The van der Waals surface area contributed by atoms with Crippen molar-refractivity contribution < 1.29 is 4.79 Å². The number of hydrogen-bond acceptors (Lipinski definition) is 4. The average molecular weight is 242 g/mol. The number of amides is 1. The summed E-state index contributed by atoms with van der Waals surface area (Å²) in [4.78, 5) is 18.3. The van der Waals surface area contributed by atoms with Crippen molar-refractivity contribution in [1.82, 2.24) is 14.7 Å². The Morgan fingerprint density at radius 2 is 1.82 bits per heavy atom. The van der Waals surface area contributed by atoms with Crippen molar-refractivity contribution >= 4 is 5.91 Å². The molecule has 2 N–H and O–H groups in total. The highest BCUT2D eigenvalue weighted by molar-refractivity contribution is 5.78. The van der Waals surface area contributed by atoms with E-state index in [1.54, 1.807) is 0 Å². The van der Waals surface area contributed by atoms with E-state index >= 15 is 0 Å². The van der Waals surface area contributed by atoms with Crippen LogP contribution in [-0.2, 0) is 4.79 Å². The van der Waals surface area contributed by atoms with E-state index in [-0.39, 0.29) is 11.4 Å². The molecule has 5 nitrogen and oxygen atoms in total. The summed E-state index contributed by atoms with van der Waals surface area (Å²) < 4.78 is 0. The summed E-state index contributed by atoms with van der Waals surface area (Å²) in [6.45, 7) is 8.74. The van der Waals surface area contributed by atoms with E-state index in [2.05, 4.69) is 25.8 Å². The van der Waals surface area contributed by atoms with E-state index in [1.807, 2.05) is 16.8 Å². The summed E-state index contributed by atoms with van der Waals surface area (Å²) in [7, 11) is 4.05. The number of rotatable bonds is 4. The largest absolute Gasteiger partial charge is 0.339 e. The third-order valence-corrected chi connectivity index (χ3v) is 3.76. The van der Waals surface area contributed by atoms with Crippen molar-refractivity contribution in [2.24, 2.45) is 5.73 Å². The number of nitrogens with zero attached hydrogens (tertiary/aromatic N) is 3. The molecule has 5 heteroatoms. The Morgan fingerprint density at radius 3 is 2.29 bits per heavy atom. The van der Waals surface area contributed by atoms with Crippen LogP contribution < -0.4 is 5.73 Å². The van der Waals surface area contributed by atoms with Crippen molar-refractivity contribution in [3.8, 4) is 0 Å². The van der Waals surface area contributed by atoms with Gasteiger partial charge in [0.2, 0.25) is 5.91 Å². The van der Waals surface area contributed by atoms with Gasteiger partial charge in [-0.3, -0.25) is 9.69 Å². The van der Waals surface area contributed by atoms with Crippen LogP contribution in [0.3, 0.4) is 0 Å². The topological polar surface area (TPSA) is 52.8 Å². The molecule has 0 spiro atoms. The zero-order valence-electron chi connectivity index (χ0n) is 11.6. The molecule has 0 atom stereocenters. The molecule has 1 heterocycles. The molecule has 0 radical (unpaired) electrons. The Bertz CT molecular complexity index is 259. The van der Waals surface area contributed by atoms with Gasteiger partial charge in [-0.15, -0.1) is 0 Å². The molecule has 100 valence electrons. The molecule has 1 aliphatic heterocycles. The second-order valence-corrected chi connectivity index (χ2v) is 5.56. The van der Waals surface area contributed by atoms with Crippen molar-refractivity contribution in [2.45, 2.75) is 19.4 Å². The van der Waals surface area contributed by atoms with E-state index < -0.39 is 0 Å². The molecule has 1 saturated heterocycles. The first-order valence-corrected chi connectivity index (χ1v) is 6.24. The van der Waals surface area contributed by atoms with Gasteiger partial charge in [0.15, 0.2) is 0 Å². The quantitative estimate of drug-likeness (QED) is 0.717. The van der Waals surface area contributed by atoms with Gasteiger partial charge in [-0.25, -0.2) is 0 Å². The second-order valence-electron chi connectivity index (χ2n) is 5.56. The van der Waals surface area contributed by atoms with E-state index in [9.17, 15) is 4.79 Å². The van der Waals surface area contributed by atoms with Gasteiger partial charge in [0.05, 0.1) is 6.54 Å². The van der Waals surface area contributed by atoms with Crippen LogP contribution in [0.2, 0.25) is 0 Å². The van der Waals surface area contributed by atoms with E-state index in [4.69, 9.17) is 5.73 Å². The number of hydrogen-bond donors (Lipinski definition) is 1. The molecule has 0 bridgehead atoms. The lowest BCUT2D eigenvalue weighted by Crippen LogP contribution is -2.54. The number of carbonyl (C=O) groups excluding carboxylic acids is 1. The minimum atomic E-state index is -0.123. The van der Waals surface area contributed by atoms with Crippen LogP contribution in [-0.4, -0.2) is 79.5 Å². The second kappa shape index (κ2) is 5.80. The number of likely N-dealkylation sites (N-methyl/N-ethyl adjacent to an activating group) is 2. The van der Waals surface area contributed by atoms with Gasteiger partial charge in [-0.1, -0.05) is 0 Å². The van der Waals surface area contributed by atoms with Gasteiger partial charge in [-0.05, 0) is 27.9 Å². The van der Waals surface area contributed by atoms with Crippen LogP contribution in [0, 0.1) is 0 Å². The van der Waals surface area contributed by atoms with Crippen molar-refractivity contribution in [1.29, 1.82) is 0 Å². The van der Waals surface area contributed by atoms with Gasteiger partial charge in [-0.2, -0.15) is 0 Å². The fourth-order valence-corrected chi connectivity index (χ4v) is 1.73. The van der Waals surface area contributed by atoms with Crippen LogP contribution in [0.4, 0.5) is 0 Å². The Hall–Kier alpha value is -0.650. The predicted octanol–water partition coefficient (Wildman–Crippen LogP) is -0.570. The maximum absolute atomic E-state index is 12.1. The summed E-state index contributed by atoms with van der Waals surface area (Å²) in [6.07, 6.45) is 0. The molecule has 1 aliphatic rings. The van der Waals surface area contributed by atoms with Crippen molar-refractivity contribution in [2.75, 3.05) is 53.4 Å². The van der Waals surface area contributed by atoms with Gasteiger partial charge < -0.3 is 15.5 Å². The van der Waals surface area contributed by atoms with E-state index in [0.717, 1.165) is 26.2 Å². The molecule has 0 aliphatic carbocycles. The molecule has 0 aromatic heterocycles. The summed E-state index contributed by atoms with van der Waals surface area (Å²) >= 11 is 0. The van der Waals surface area contributed by atoms with Crippen LogP contribution in [0.1, 0.15) is 13.8 Å². The normalized spacial score (nSPS) is 18.8. The maximum Gasteiger partial charge on any atom is 0.236 e. The number of nitrogens with two attached hydrogens (primary N) is 1. The Kier molecular flexibility index (Phi) is 4.91. The SMILES string of the molecule is CN1CCN(C(=O)CN(C)C(C)(C)CN)CC1. The standard InChI is InChI=1S/C12H26N4O/c1-12(2,10-13)15(4)9-11(17)16-7-5-14(3)6-8-16/h5-10,13H2,1-4H3. The van der Waals surface area contributed by atoms with E-state index in [1.165, 1.54) is 0 Å². The van der Waals surface area contributed by atoms with Crippen LogP contribution >= 0.6 is 0 Å². The van der Waals surface area contributed by atoms with Gasteiger partial charge >= 0.3 is 0 Å². The highest BCUT2D eigenvalue weighted by Gasteiger charge is 2.26. The summed E-state index contributed by atoms with van der Waals surface area (Å²) in [5.74, 6) is 0.210. The third kappa shape index (κ3) is 3.94. The van der Waals surface area contributed by atoms with Gasteiger partial charge in [0.1, 0.15) is 0 Å². The molecule has 0 unspecified atom stereocenters. The van der Waals surface area contributed by atoms with Crippen molar-refractivity contribution in [3.63, 3.8) is 0 Å². The lowest BCUT2D eigenvalue weighted by Gasteiger charge is -2.37. The fraction of sp³-hybridized carbons (Fsp3) is 0.917. The highest BCUT2D eigenvalue weighted by atomic mass is 16.2. The average Bonchev–Trinajstić information content (AvgIpc) is 2.29. The zero-order chi connectivity index (χ0) is 13.1. The first-order valence-electron chi connectivity index (χ1n) is 6.24. The summed E-state index contributed by atoms with van der Waals surface area (Å²) in [5, 5.41) is 0. The molecule has 0 saturated carbocycles. The zero-order valence-corrected chi connectivity index (χ0v) is 11.6. The third-order valence-electron chi connectivity index (χ3n) is 3.76. The molecule has 1 amide bonds. The molecular formula is C12H26N4O. The van der Waals surface area contributed by atoms with Gasteiger partial charge in [0.25, 0.3) is 0 Å². The smallest absolute Gasteiger partial charge is 0.236 e. The molecule has 0 aromatic carbocycles. The molecule has 0 aromatic rings. The fourth-order valence-electron chi connectivity index (χ4n) is 1.73. The van der Waals surface area contributed by atoms with E-state index in [0.29, 0.717) is 13.1 Å². The Labute approximate surface area is 105 Å². The van der Waals surface area contributed by atoms with Crippen LogP contribution in [0.5, 0.6) is 0 Å². The lowest BCUT2D eigenvalue weighted by molar-refractivity contribution is -0.134. The first kappa shape index (κ1) is 14.4. The minimum absolute atomic E-state index is 0.123. The van der Waals surface area contributed by atoms with Crippen LogP contribution in [0.25, 0.3) is 0 Å². The molecule has 1 fully saturated rings. The summed E-state index contributed by atoms with van der Waals surface area (Å²) in [6, 6.07) is 0. The summed E-state index contributed by atoms with van der Waals surface area (Å²) in [5.41, 5.74) is 5.58. The first-order chi connectivity index (χ1) is 7.86. The highest BCUT2D eigenvalue weighted by Crippen LogP contribution is 2.10. The molecular weight excluding hydrogens is 216 g/mol.